The van der Waals surface area contributed by atoms with Gasteiger partial charge in [0.2, 0.25) is 10.0 Å². The van der Waals surface area contributed by atoms with Crippen LogP contribution in [0.25, 0.3) is 0 Å². The van der Waals surface area contributed by atoms with Gasteiger partial charge in [-0.25, -0.2) is 13.1 Å². The summed E-state index contributed by atoms with van der Waals surface area (Å²) < 4.78 is 27.3. The van der Waals surface area contributed by atoms with Gasteiger partial charge >= 0.3 is 0 Å². The van der Waals surface area contributed by atoms with Crippen LogP contribution in [0, 0.1) is 5.41 Å². The van der Waals surface area contributed by atoms with E-state index in [0.29, 0.717) is 16.7 Å². The van der Waals surface area contributed by atoms with E-state index in [1.165, 1.54) is 12.1 Å². The zero-order valence-electron chi connectivity index (χ0n) is 10.8. The molecular weight excluding hydrogens is 316 g/mol. The first-order chi connectivity index (χ1) is 8.12. The van der Waals surface area contributed by atoms with Gasteiger partial charge < -0.3 is 5.73 Å². The molecule has 1 aromatic rings. The molecular formula is C12H19BrN2O2S. The Labute approximate surface area is 117 Å². The molecule has 0 bridgehead atoms. The highest BCUT2D eigenvalue weighted by molar-refractivity contribution is 9.10. The first-order valence-corrected chi connectivity index (χ1v) is 7.94. The van der Waals surface area contributed by atoms with E-state index in [0.717, 1.165) is 6.42 Å². The van der Waals surface area contributed by atoms with Crippen LogP contribution in [0.5, 0.6) is 0 Å². The Hall–Kier alpha value is -0.590. The molecule has 0 heterocycles. The van der Waals surface area contributed by atoms with Crippen LogP contribution in [0.3, 0.4) is 0 Å². The molecule has 0 amide bonds. The first kappa shape index (κ1) is 15.5. The maximum atomic E-state index is 12.0. The van der Waals surface area contributed by atoms with E-state index in [4.69, 9.17) is 5.73 Å². The highest BCUT2D eigenvalue weighted by Gasteiger charge is 2.16. The molecule has 0 atom stereocenters. The molecule has 4 nitrogen and oxygen atoms in total. The molecule has 1 rings (SSSR count). The SMILES string of the molecule is CC(C)(C)CCNS(=O)(=O)c1ccc(Br)c(N)c1. The number of sulfonamides is 1. The maximum Gasteiger partial charge on any atom is 0.240 e. The van der Waals surface area contributed by atoms with Gasteiger partial charge in [-0.15, -0.1) is 0 Å². The fourth-order valence-electron chi connectivity index (χ4n) is 1.33. The zero-order valence-corrected chi connectivity index (χ0v) is 13.2. The summed E-state index contributed by atoms with van der Waals surface area (Å²) in [5.41, 5.74) is 6.19. The van der Waals surface area contributed by atoms with E-state index >= 15 is 0 Å². The van der Waals surface area contributed by atoms with Gasteiger partial charge in [0.05, 0.1) is 4.90 Å². The minimum absolute atomic E-state index is 0.0985. The number of hydrogen-bond donors (Lipinski definition) is 2. The highest BCUT2D eigenvalue weighted by atomic mass is 79.9. The van der Waals surface area contributed by atoms with Crippen molar-refractivity contribution in [2.24, 2.45) is 5.41 Å². The summed E-state index contributed by atoms with van der Waals surface area (Å²) in [5.74, 6) is 0. The van der Waals surface area contributed by atoms with Crippen molar-refractivity contribution in [2.75, 3.05) is 12.3 Å². The van der Waals surface area contributed by atoms with Crippen LogP contribution in [0.2, 0.25) is 0 Å². The minimum Gasteiger partial charge on any atom is -0.398 e. The van der Waals surface area contributed by atoms with Gasteiger partial charge in [-0.05, 0) is 46.0 Å². The quantitative estimate of drug-likeness (QED) is 0.831. The molecule has 0 fully saturated rings. The maximum absolute atomic E-state index is 12.0. The monoisotopic (exact) mass is 334 g/mol. The number of rotatable bonds is 4. The van der Waals surface area contributed by atoms with Crippen molar-refractivity contribution in [3.8, 4) is 0 Å². The van der Waals surface area contributed by atoms with Crippen molar-refractivity contribution in [1.29, 1.82) is 0 Å². The van der Waals surface area contributed by atoms with E-state index < -0.39 is 10.0 Å². The molecule has 18 heavy (non-hydrogen) atoms. The van der Waals surface area contributed by atoms with E-state index in [1.807, 2.05) is 0 Å². The molecule has 102 valence electrons. The molecule has 0 aromatic heterocycles. The fourth-order valence-corrected chi connectivity index (χ4v) is 2.65. The van der Waals surface area contributed by atoms with E-state index in [-0.39, 0.29) is 10.3 Å². The Morgan fingerprint density at radius 1 is 1.33 bits per heavy atom. The lowest BCUT2D eigenvalue weighted by Gasteiger charge is -2.18. The standard InChI is InChI=1S/C12H19BrN2O2S/c1-12(2,3)6-7-15-18(16,17)9-4-5-10(13)11(14)8-9/h4-5,8,15H,6-7,14H2,1-3H3. The Balaban J connectivity index is 2.77. The van der Waals surface area contributed by atoms with Crippen molar-refractivity contribution < 1.29 is 8.42 Å². The highest BCUT2D eigenvalue weighted by Crippen LogP contribution is 2.23. The number of nitrogen functional groups attached to an aromatic ring is 1. The molecule has 0 radical (unpaired) electrons. The number of anilines is 1. The van der Waals surface area contributed by atoms with Crippen molar-refractivity contribution in [1.82, 2.24) is 4.72 Å². The molecule has 0 aliphatic carbocycles. The fraction of sp³-hybridized carbons (Fsp3) is 0.500. The van der Waals surface area contributed by atoms with Crippen molar-refractivity contribution >= 4 is 31.6 Å². The molecule has 6 heteroatoms. The lowest BCUT2D eigenvalue weighted by atomic mass is 9.93. The van der Waals surface area contributed by atoms with Crippen molar-refractivity contribution in [3.05, 3.63) is 22.7 Å². The van der Waals surface area contributed by atoms with Crippen LogP contribution in [-0.2, 0) is 10.0 Å². The summed E-state index contributed by atoms with van der Waals surface area (Å²) >= 11 is 3.23. The Morgan fingerprint density at radius 3 is 2.44 bits per heavy atom. The average molecular weight is 335 g/mol. The van der Waals surface area contributed by atoms with Gasteiger partial charge in [0, 0.05) is 16.7 Å². The third-order valence-corrected chi connectivity index (χ3v) is 4.63. The molecule has 3 N–H and O–H groups in total. The van der Waals surface area contributed by atoms with Crippen LogP contribution < -0.4 is 10.5 Å². The van der Waals surface area contributed by atoms with Gasteiger partial charge in [0.15, 0.2) is 0 Å². The summed E-state index contributed by atoms with van der Waals surface area (Å²) in [4.78, 5) is 0.192. The summed E-state index contributed by atoms with van der Waals surface area (Å²) in [5, 5.41) is 0. The smallest absolute Gasteiger partial charge is 0.240 e. The number of hydrogen-bond acceptors (Lipinski definition) is 3. The normalized spacial score (nSPS) is 12.7. The van der Waals surface area contributed by atoms with E-state index in [2.05, 4.69) is 41.4 Å². The van der Waals surface area contributed by atoms with Crippen molar-refractivity contribution in [3.63, 3.8) is 0 Å². The lowest BCUT2D eigenvalue weighted by Crippen LogP contribution is -2.27. The molecule has 0 aliphatic heterocycles. The number of nitrogens with two attached hydrogens (primary N) is 1. The molecule has 0 unspecified atom stereocenters. The van der Waals surface area contributed by atoms with Crippen LogP contribution in [0.15, 0.2) is 27.6 Å². The van der Waals surface area contributed by atoms with Gasteiger partial charge in [0.25, 0.3) is 0 Å². The summed E-state index contributed by atoms with van der Waals surface area (Å²) in [6, 6.07) is 4.61. The zero-order chi connectivity index (χ0) is 14.0. The largest absolute Gasteiger partial charge is 0.398 e. The van der Waals surface area contributed by atoms with Crippen LogP contribution in [-0.4, -0.2) is 15.0 Å². The second-order valence-corrected chi connectivity index (χ2v) is 8.01. The second-order valence-electron chi connectivity index (χ2n) is 5.39. The van der Waals surface area contributed by atoms with E-state index in [9.17, 15) is 8.42 Å². The number of benzene rings is 1. The molecule has 0 aliphatic rings. The third-order valence-electron chi connectivity index (χ3n) is 2.44. The Kier molecular flexibility index (Phi) is 4.80. The first-order valence-electron chi connectivity index (χ1n) is 5.66. The molecule has 1 aromatic carbocycles. The van der Waals surface area contributed by atoms with Crippen LogP contribution in [0.1, 0.15) is 27.2 Å². The van der Waals surface area contributed by atoms with Gasteiger partial charge in [-0.2, -0.15) is 0 Å². The summed E-state index contributed by atoms with van der Waals surface area (Å²) in [6.45, 7) is 6.62. The van der Waals surface area contributed by atoms with Gasteiger partial charge in [-0.1, -0.05) is 20.8 Å². The van der Waals surface area contributed by atoms with Crippen LogP contribution in [0.4, 0.5) is 5.69 Å². The van der Waals surface area contributed by atoms with Gasteiger partial charge in [-0.3, -0.25) is 0 Å². The minimum atomic E-state index is -3.47. The van der Waals surface area contributed by atoms with Crippen LogP contribution >= 0.6 is 15.9 Å². The Morgan fingerprint density at radius 2 is 1.94 bits per heavy atom. The predicted molar refractivity (Wildman–Crippen MR) is 77.8 cm³/mol. The van der Waals surface area contributed by atoms with E-state index in [1.54, 1.807) is 6.07 Å². The predicted octanol–water partition coefficient (Wildman–Crippen LogP) is 2.75. The molecule has 0 saturated heterocycles. The summed E-state index contributed by atoms with van der Waals surface area (Å²) in [6.07, 6.45) is 0.776. The molecule has 0 saturated carbocycles. The summed E-state index contributed by atoms with van der Waals surface area (Å²) in [7, 11) is -3.47. The lowest BCUT2D eigenvalue weighted by molar-refractivity contribution is 0.378. The number of halogens is 1. The van der Waals surface area contributed by atoms with Crippen molar-refractivity contribution in [2.45, 2.75) is 32.1 Å². The average Bonchev–Trinajstić information content (AvgIpc) is 2.19. The third kappa shape index (κ3) is 4.59. The topological polar surface area (TPSA) is 72.2 Å². The second kappa shape index (κ2) is 5.59. The Bertz CT molecular complexity index is 521. The van der Waals surface area contributed by atoms with Gasteiger partial charge in [0.1, 0.15) is 0 Å². The molecule has 0 spiro atoms. The number of nitrogens with one attached hydrogen (secondary N) is 1.